The molecule has 0 heterocycles. The fraction of sp³-hybridized carbons (Fsp3) is 0.304. The van der Waals surface area contributed by atoms with Crippen molar-refractivity contribution < 1.29 is 0 Å². The summed E-state index contributed by atoms with van der Waals surface area (Å²) in [7, 11) is 0. The molecule has 1 atom stereocenters. The van der Waals surface area contributed by atoms with Crippen LogP contribution in [-0.4, -0.2) is 0 Å². The van der Waals surface area contributed by atoms with Crippen LogP contribution >= 0.6 is 0 Å². The third-order valence-electron chi connectivity index (χ3n) is 4.67. The van der Waals surface area contributed by atoms with Gasteiger partial charge in [0.25, 0.3) is 0 Å². The van der Waals surface area contributed by atoms with E-state index in [2.05, 4.69) is 88.9 Å². The van der Waals surface area contributed by atoms with Crippen molar-refractivity contribution in [1.29, 1.82) is 0 Å². The van der Waals surface area contributed by atoms with Crippen molar-refractivity contribution in [3.8, 4) is 0 Å². The first-order chi connectivity index (χ1) is 11.1. The summed E-state index contributed by atoms with van der Waals surface area (Å²) < 4.78 is 0. The van der Waals surface area contributed by atoms with Gasteiger partial charge in [0.2, 0.25) is 0 Å². The Balaban J connectivity index is 2.44. The summed E-state index contributed by atoms with van der Waals surface area (Å²) in [4.78, 5) is 0. The molecule has 0 heteroatoms. The van der Waals surface area contributed by atoms with E-state index in [4.69, 9.17) is 0 Å². The maximum absolute atomic E-state index is 4.46. The molecule has 120 valence electrons. The van der Waals surface area contributed by atoms with Gasteiger partial charge in [-0.15, -0.1) is 0 Å². The van der Waals surface area contributed by atoms with E-state index in [9.17, 15) is 0 Å². The summed E-state index contributed by atoms with van der Waals surface area (Å²) >= 11 is 0. The predicted molar refractivity (Wildman–Crippen MR) is 104 cm³/mol. The molecule has 0 fully saturated rings. The maximum Gasteiger partial charge on any atom is -0.00840 e. The molecule has 0 aliphatic heterocycles. The van der Waals surface area contributed by atoms with Crippen molar-refractivity contribution in [3.05, 3.63) is 83.0 Å². The molecule has 0 saturated carbocycles. The molecule has 0 saturated heterocycles. The first kappa shape index (κ1) is 17.3. The Morgan fingerprint density at radius 1 is 1.17 bits per heavy atom. The fourth-order valence-electron chi connectivity index (χ4n) is 3.21. The van der Waals surface area contributed by atoms with E-state index in [1.54, 1.807) is 0 Å². The molecule has 2 rings (SSSR count). The SMILES string of the molecule is C=C(C1=CC(C)=C(C)CC1CC=CC)c1ccccc1/C=C\C. The van der Waals surface area contributed by atoms with Crippen molar-refractivity contribution in [1.82, 2.24) is 0 Å². The number of hydrogen-bond donors (Lipinski definition) is 0. The van der Waals surface area contributed by atoms with E-state index in [-0.39, 0.29) is 0 Å². The first-order valence-corrected chi connectivity index (χ1v) is 8.49. The molecule has 1 aliphatic rings. The van der Waals surface area contributed by atoms with Crippen molar-refractivity contribution in [2.45, 2.75) is 40.5 Å². The average Bonchev–Trinajstić information content (AvgIpc) is 2.56. The molecule has 1 aromatic carbocycles. The van der Waals surface area contributed by atoms with E-state index >= 15 is 0 Å². The fourth-order valence-corrected chi connectivity index (χ4v) is 3.21. The summed E-state index contributed by atoms with van der Waals surface area (Å²) in [6, 6.07) is 8.55. The standard InChI is InChI=1S/C23H28/c1-6-8-12-21-15-17(3)18(4)16-23(21)19(5)22-14-10-9-13-20(22)11-7-2/h6-11,13-14,16,21H,5,12,15H2,1-4H3/b8-6?,11-7-. The summed E-state index contributed by atoms with van der Waals surface area (Å²) in [5.41, 5.74) is 7.94. The molecule has 0 nitrogen and oxygen atoms in total. The topological polar surface area (TPSA) is 0 Å². The van der Waals surface area contributed by atoms with Crippen LogP contribution in [0.15, 0.2) is 71.9 Å². The molecule has 0 N–H and O–H groups in total. The highest BCUT2D eigenvalue weighted by atomic mass is 14.3. The van der Waals surface area contributed by atoms with Crippen LogP contribution in [0.5, 0.6) is 0 Å². The second kappa shape index (κ2) is 7.97. The lowest BCUT2D eigenvalue weighted by Gasteiger charge is -2.27. The van der Waals surface area contributed by atoms with Crippen LogP contribution in [-0.2, 0) is 0 Å². The molecule has 0 bridgehead atoms. The number of benzene rings is 1. The highest BCUT2D eigenvalue weighted by Gasteiger charge is 2.22. The van der Waals surface area contributed by atoms with Crippen LogP contribution in [0.4, 0.5) is 0 Å². The Hall–Kier alpha value is -2.08. The molecule has 1 unspecified atom stereocenters. The van der Waals surface area contributed by atoms with Gasteiger partial charge in [-0.2, -0.15) is 0 Å². The van der Waals surface area contributed by atoms with E-state index in [0.717, 1.165) is 12.8 Å². The Labute approximate surface area is 141 Å². The van der Waals surface area contributed by atoms with Crippen molar-refractivity contribution >= 4 is 11.6 Å². The van der Waals surface area contributed by atoms with Crippen molar-refractivity contribution in [3.63, 3.8) is 0 Å². The van der Waals surface area contributed by atoms with Crippen LogP contribution in [0.3, 0.4) is 0 Å². The monoisotopic (exact) mass is 304 g/mol. The second-order valence-corrected chi connectivity index (χ2v) is 6.33. The number of hydrogen-bond acceptors (Lipinski definition) is 0. The molecule has 0 aromatic heterocycles. The lowest BCUT2D eigenvalue weighted by Crippen LogP contribution is -2.11. The van der Waals surface area contributed by atoms with E-state index in [1.807, 2.05) is 0 Å². The zero-order chi connectivity index (χ0) is 16.8. The van der Waals surface area contributed by atoms with Crippen LogP contribution in [0.25, 0.3) is 11.6 Å². The Bertz CT molecular complexity index is 693. The summed E-state index contributed by atoms with van der Waals surface area (Å²) in [5, 5.41) is 0. The largest absolute Gasteiger partial charge is 0.0916 e. The Morgan fingerprint density at radius 3 is 2.61 bits per heavy atom. The van der Waals surface area contributed by atoms with E-state index in [1.165, 1.54) is 33.4 Å². The maximum atomic E-state index is 4.46. The van der Waals surface area contributed by atoms with Gasteiger partial charge in [0.1, 0.15) is 0 Å². The molecular weight excluding hydrogens is 276 g/mol. The predicted octanol–water partition coefficient (Wildman–Crippen LogP) is 6.98. The van der Waals surface area contributed by atoms with Crippen LogP contribution < -0.4 is 0 Å². The van der Waals surface area contributed by atoms with Gasteiger partial charge in [-0.3, -0.25) is 0 Å². The highest BCUT2D eigenvalue weighted by molar-refractivity contribution is 5.83. The minimum Gasteiger partial charge on any atom is -0.0916 e. The van der Waals surface area contributed by atoms with Crippen LogP contribution in [0.2, 0.25) is 0 Å². The van der Waals surface area contributed by atoms with Gasteiger partial charge in [-0.25, -0.2) is 0 Å². The van der Waals surface area contributed by atoms with Gasteiger partial charge >= 0.3 is 0 Å². The third kappa shape index (κ3) is 4.01. The normalized spacial score (nSPS) is 18.8. The molecule has 1 aromatic rings. The van der Waals surface area contributed by atoms with Crippen LogP contribution in [0.1, 0.15) is 51.7 Å². The molecule has 1 aliphatic carbocycles. The molecule has 0 amide bonds. The van der Waals surface area contributed by atoms with Gasteiger partial charge in [0.05, 0.1) is 0 Å². The first-order valence-electron chi connectivity index (χ1n) is 8.49. The van der Waals surface area contributed by atoms with Gasteiger partial charge < -0.3 is 0 Å². The van der Waals surface area contributed by atoms with E-state index in [0.29, 0.717) is 5.92 Å². The Morgan fingerprint density at radius 2 is 1.91 bits per heavy atom. The van der Waals surface area contributed by atoms with Gasteiger partial charge in [0, 0.05) is 0 Å². The van der Waals surface area contributed by atoms with Crippen molar-refractivity contribution in [2.24, 2.45) is 5.92 Å². The minimum absolute atomic E-state index is 0.529. The van der Waals surface area contributed by atoms with Crippen molar-refractivity contribution in [2.75, 3.05) is 0 Å². The lowest BCUT2D eigenvalue weighted by atomic mass is 9.77. The van der Waals surface area contributed by atoms with E-state index < -0.39 is 0 Å². The zero-order valence-electron chi connectivity index (χ0n) is 14.9. The quantitative estimate of drug-likeness (QED) is 0.515. The average molecular weight is 304 g/mol. The van der Waals surface area contributed by atoms with Gasteiger partial charge in [-0.1, -0.05) is 72.4 Å². The summed E-state index contributed by atoms with van der Waals surface area (Å²) in [6.07, 6.45) is 13.2. The Kier molecular flexibility index (Phi) is 5.98. The molecule has 23 heavy (non-hydrogen) atoms. The van der Waals surface area contributed by atoms with Gasteiger partial charge in [0.15, 0.2) is 0 Å². The molecule has 0 spiro atoms. The minimum atomic E-state index is 0.529. The summed E-state index contributed by atoms with van der Waals surface area (Å²) in [6.45, 7) is 13.1. The number of allylic oxidation sites excluding steroid dienone is 8. The zero-order valence-corrected chi connectivity index (χ0v) is 14.9. The van der Waals surface area contributed by atoms with Gasteiger partial charge in [-0.05, 0) is 68.7 Å². The third-order valence-corrected chi connectivity index (χ3v) is 4.67. The molecular formula is C23H28. The molecule has 0 radical (unpaired) electrons. The number of rotatable bonds is 5. The second-order valence-electron chi connectivity index (χ2n) is 6.33. The summed E-state index contributed by atoms with van der Waals surface area (Å²) in [5.74, 6) is 0.529. The van der Waals surface area contributed by atoms with Crippen LogP contribution in [0, 0.1) is 5.92 Å². The lowest BCUT2D eigenvalue weighted by molar-refractivity contribution is 0.618. The smallest absolute Gasteiger partial charge is 0.00840 e. The highest BCUT2D eigenvalue weighted by Crippen LogP contribution is 2.39.